The van der Waals surface area contributed by atoms with Crippen LogP contribution in [0.15, 0.2) is 75.0 Å². The largest absolute Gasteiger partial charge is 0.508 e. The number of fused-ring (bicyclic) bond motifs is 9. The van der Waals surface area contributed by atoms with Gasteiger partial charge in [-0.3, -0.25) is 48.3 Å². The highest BCUT2D eigenvalue weighted by atomic mass is 16.4. The van der Waals surface area contributed by atoms with E-state index in [2.05, 4.69) is 26.1 Å². The zero-order chi connectivity index (χ0) is 81.5. The van der Waals surface area contributed by atoms with Gasteiger partial charge < -0.3 is 81.3 Å². The molecule has 0 aliphatic heterocycles. The lowest BCUT2D eigenvalue weighted by molar-refractivity contribution is -0.154. The number of aryl methyl sites for hydroxylation is 1. The molecule has 3 fully saturated rings. The summed E-state index contributed by atoms with van der Waals surface area (Å²) in [5.74, 6) is -11.8. The third-order valence-electron chi connectivity index (χ3n) is 24.2. The Bertz CT molecular complexity index is 4570. The maximum atomic E-state index is 14.0. The summed E-state index contributed by atoms with van der Waals surface area (Å²) in [6.45, 7) is 16.7. The molecule has 0 bridgehead atoms. The minimum Gasteiger partial charge on any atom is -0.508 e. The Kier molecular flexibility index (Phi) is 25.5. The van der Waals surface area contributed by atoms with Crippen LogP contribution in [0.4, 0.5) is 22.7 Å². The van der Waals surface area contributed by atoms with Crippen molar-refractivity contribution in [2.24, 2.45) is 46.3 Å². The number of Topliss-reactive ketones (excluding diaryl/α,β-unsaturated/α-hetero) is 6. The number of hydrogen-bond acceptors (Lipinski definition) is 25. The van der Waals surface area contributed by atoms with Gasteiger partial charge in [-0.05, 0) is 202 Å². The van der Waals surface area contributed by atoms with E-state index in [0.29, 0.717) is 48.1 Å². The third-order valence-corrected chi connectivity index (χ3v) is 24.2. The fourth-order valence-electron chi connectivity index (χ4n) is 18.7. The Balaban J connectivity index is 0.000000232. The fourth-order valence-corrected chi connectivity index (χ4v) is 18.7. The van der Waals surface area contributed by atoms with Gasteiger partial charge in [-0.25, -0.2) is 0 Å². The molecule has 0 aromatic heterocycles. The van der Waals surface area contributed by atoms with E-state index >= 15 is 0 Å². The van der Waals surface area contributed by atoms with Crippen LogP contribution in [0.25, 0.3) is 17.3 Å². The number of nitrogens with one attached hydrogen (secondary N) is 1. The van der Waals surface area contributed by atoms with E-state index in [1.54, 1.807) is 88.1 Å². The quantitative estimate of drug-likeness (QED) is 0.0749. The van der Waals surface area contributed by atoms with Crippen LogP contribution in [0, 0.1) is 46.3 Å². The average molecular weight is 1560 g/mol. The van der Waals surface area contributed by atoms with Crippen LogP contribution in [0.3, 0.4) is 0 Å². The molecule has 0 saturated heterocycles. The number of aromatic hydroxyl groups is 3. The molecule has 112 heavy (non-hydrogen) atoms. The highest BCUT2D eigenvalue weighted by Gasteiger charge is 2.66. The van der Waals surface area contributed by atoms with Gasteiger partial charge in [0.25, 0.3) is 0 Å². The van der Waals surface area contributed by atoms with Gasteiger partial charge in [0, 0.05) is 117 Å². The molecule has 9 aliphatic rings. The summed E-state index contributed by atoms with van der Waals surface area (Å²) < 4.78 is 0. The minimum absolute atomic E-state index is 0. The number of phenolic OH excluding ortho intramolecular Hbond substituents is 3. The van der Waals surface area contributed by atoms with Crippen LogP contribution >= 0.6 is 0 Å². The summed E-state index contributed by atoms with van der Waals surface area (Å²) in [6, 6.07) is 4.39. The number of phenols is 3. The summed E-state index contributed by atoms with van der Waals surface area (Å²) in [5, 5.41) is 138. The van der Waals surface area contributed by atoms with Crippen molar-refractivity contribution in [3.8, 4) is 17.2 Å². The lowest BCUT2D eigenvalue weighted by Crippen LogP contribution is -2.64. The van der Waals surface area contributed by atoms with Gasteiger partial charge in [-0.2, -0.15) is 0 Å². The molecule has 616 valence electrons. The summed E-state index contributed by atoms with van der Waals surface area (Å²) >= 11 is 0. The topological polar surface area (TPSA) is 394 Å². The molecule has 26 heteroatoms. The van der Waals surface area contributed by atoms with Crippen LogP contribution in [0.2, 0.25) is 0 Å². The molecule has 0 heterocycles. The Morgan fingerprint density at radius 2 is 0.777 bits per heavy atom. The zero-order valence-corrected chi connectivity index (χ0v) is 66.7. The van der Waals surface area contributed by atoms with Crippen LogP contribution in [-0.4, -0.2) is 236 Å². The van der Waals surface area contributed by atoms with Crippen molar-refractivity contribution in [1.29, 1.82) is 0 Å². The van der Waals surface area contributed by atoms with E-state index in [0.717, 1.165) is 29.8 Å². The number of carbonyl (C=O) groups excluding carboxylic acids is 7. The van der Waals surface area contributed by atoms with Crippen molar-refractivity contribution in [1.82, 2.24) is 14.7 Å². The Labute approximate surface area is 659 Å². The van der Waals surface area contributed by atoms with Gasteiger partial charge in [0.05, 0.1) is 40.5 Å². The molecule has 13 N–H and O–H groups in total. The Morgan fingerprint density at radius 1 is 0.455 bits per heavy atom. The van der Waals surface area contributed by atoms with Crippen LogP contribution < -0.4 is 20.0 Å². The number of ketones is 6. The number of nitrogens with zero attached hydrogens (tertiary/aromatic N) is 6. The predicted octanol–water partition coefficient (Wildman–Crippen LogP) is 10.7. The maximum absolute atomic E-state index is 14.0. The van der Waals surface area contributed by atoms with Crippen LogP contribution in [0.1, 0.15) is 168 Å². The predicted molar refractivity (Wildman–Crippen MR) is 435 cm³/mol. The van der Waals surface area contributed by atoms with Crippen molar-refractivity contribution >= 4 is 80.6 Å². The summed E-state index contributed by atoms with van der Waals surface area (Å²) in [5.41, 5.74) is -1.76. The number of rotatable bonds is 12. The molecule has 26 nitrogen and oxygen atoms in total. The first-order valence-corrected chi connectivity index (χ1v) is 37.2. The average Bonchev–Trinajstić information content (AvgIpc) is 0.711. The first-order valence-electron chi connectivity index (χ1n) is 37.2. The van der Waals surface area contributed by atoms with E-state index in [1.165, 1.54) is 26.8 Å². The first kappa shape index (κ1) is 90.1. The fraction of sp³-hybridized carbons (Fsp3) is 0.570. The molecule has 12 rings (SSSR count). The van der Waals surface area contributed by atoms with E-state index < -0.39 is 111 Å². The molecule has 0 unspecified atom stereocenters. The normalized spacial score (nSPS) is 27.2. The smallest absolute Gasteiger partial charge is 0.224 e. The molecular weight excluding hydrogens is 1430 g/mol. The molecule has 9 aliphatic carbocycles. The zero-order valence-electron chi connectivity index (χ0n) is 66.7. The number of hydrogen-bond donors (Lipinski definition) is 13. The van der Waals surface area contributed by atoms with Gasteiger partial charge in [-0.1, -0.05) is 63.8 Å². The van der Waals surface area contributed by atoms with Crippen molar-refractivity contribution < 1.29 is 94.8 Å². The first-order chi connectivity index (χ1) is 50.4. The van der Waals surface area contributed by atoms with Gasteiger partial charge >= 0.3 is 0 Å². The molecule has 0 radical (unpaired) electrons. The van der Waals surface area contributed by atoms with Gasteiger partial charge in [0.2, 0.25) is 23.3 Å². The van der Waals surface area contributed by atoms with Gasteiger partial charge in [0.15, 0.2) is 34.2 Å². The third kappa shape index (κ3) is 14.6. The van der Waals surface area contributed by atoms with Crippen molar-refractivity contribution in [2.45, 2.75) is 190 Å². The van der Waals surface area contributed by atoms with Gasteiger partial charge in [0.1, 0.15) is 51.8 Å². The number of aliphatic hydroxyl groups is 9. The minimum atomic E-state index is -2.40. The highest BCUT2D eigenvalue weighted by Crippen LogP contribution is 2.59. The molecular formula is C86H123N7O19. The molecule has 12 atom stereocenters. The molecule has 0 spiro atoms. The monoisotopic (exact) mass is 1560 g/mol. The van der Waals surface area contributed by atoms with Crippen molar-refractivity contribution in [3.05, 3.63) is 114 Å². The summed E-state index contributed by atoms with van der Waals surface area (Å²) in [7, 11) is 21.3. The second-order valence-electron chi connectivity index (χ2n) is 35.1. The number of aliphatic hydroxyl groups excluding tert-OH is 6. The summed E-state index contributed by atoms with van der Waals surface area (Å²) in [6.07, 6.45) is 4.80. The van der Waals surface area contributed by atoms with E-state index in [9.17, 15) is 94.8 Å². The number of anilines is 4. The molecule has 1 amide bonds. The lowest BCUT2D eigenvalue weighted by Gasteiger charge is -2.50. The second-order valence-corrected chi connectivity index (χ2v) is 35.1. The highest BCUT2D eigenvalue weighted by molar-refractivity contribution is 6.17. The van der Waals surface area contributed by atoms with E-state index in [4.69, 9.17) is 0 Å². The van der Waals surface area contributed by atoms with E-state index in [-0.39, 0.29) is 173 Å². The SMILES string of the molecule is C.C.C.CC1=C(O)[C@@]2(O)C(=O)C3=C(O)c4c(O)c(CCCC(C)(C)C)cc(N(C)C)c4C[C@H]3C[C@H]2[C@H](N(C)C)C1=O.CC1=C(O)[C@@]2(O)C(=O)C3=C(O)c4c(O)c(NC(=O)CCC(C)(C)C)cc(N(C)C)c4C[C@H]3C[C@H]2[C@H](N(C)C)C1=O.CC1=C(O)[C@@]2(O)C(=O)C3=C(O)c4c(O)ccc(N(C)C)c4C[C@H]3C[C@H]2[C@H](N(C)C)C1=O. The van der Waals surface area contributed by atoms with E-state index in [1.807, 2.05) is 64.8 Å². The Hall–Kier alpha value is -9.05. The molecule has 3 aromatic rings. The van der Waals surface area contributed by atoms with Crippen LogP contribution in [-0.2, 0) is 59.2 Å². The standard InChI is InChI=1S/C30H41N3O7.C30H42N2O6.C23H28N2O6.3CH4/c1-14-24(35)23(33(7)8)17-12-15-11-16-19(32(5)6)13-18(31-20(34)9-10-29(2,3)4)25(36)22(16)26(37)21(15)28(39)30(17,40)27(14)38;1-15-24(33)23(32(7)8)19-13-17-12-18-20(31(5)6)14-16(10-9-11-29(2,3)4)25(34)22(18)26(35)21(17)28(37)30(19,38)27(15)36;1-10-19(27)18(25(4)5)13-9-11-8-12-14(24(2)3)6-7-15(26)17(12)20(28)16(11)22(30)23(13,31)21(10)29;;;/h13,15,17,23,36-38,40H,9-12H2,1-8H3,(H,31,34);14,17,19,23,34-36,38H,9-13H2,1-8H3;6-7,11,13,18,26,28-29,31H,8-9H2,1-5H3;3*1H4/t15-,17-,23-,30+;17-,19-,23-,30+;11-,13-,18-,23+;;;/m000.../s1. The molecule has 3 saturated carbocycles. The number of likely N-dealkylation sites (N-methyl/N-ethyl adjacent to an activating group) is 3. The number of benzene rings is 3. The van der Waals surface area contributed by atoms with Gasteiger partial charge in [-0.15, -0.1) is 0 Å². The second kappa shape index (κ2) is 31.7. The van der Waals surface area contributed by atoms with Crippen molar-refractivity contribution in [2.75, 3.05) is 105 Å². The number of amides is 1. The Morgan fingerprint density at radius 3 is 1.11 bits per heavy atom. The van der Waals surface area contributed by atoms with Crippen molar-refractivity contribution in [3.63, 3.8) is 0 Å². The molecule has 3 aromatic carbocycles. The number of carbonyl (C=O) groups is 7. The lowest BCUT2D eigenvalue weighted by atomic mass is 9.57. The summed E-state index contributed by atoms with van der Waals surface area (Å²) in [4.78, 5) is 104. The van der Waals surface area contributed by atoms with Crippen LogP contribution in [0.5, 0.6) is 17.2 Å². The maximum Gasteiger partial charge on any atom is 0.224 e.